The minimum atomic E-state index is -0.270. The van der Waals surface area contributed by atoms with Gasteiger partial charge in [0, 0.05) is 11.7 Å². The normalized spacial score (nSPS) is 12.2. The Labute approximate surface area is 142 Å². The highest BCUT2D eigenvalue weighted by Gasteiger charge is 2.19. The van der Waals surface area contributed by atoms with E-state index < -0.39 is 0 Å². The van der Waals surface area contributed by atoms with Crippen molar-refractivity contribution in [2.75, 3.05) is 0 Å². The summed E-state index contributed by atoms with van der Waals surface area (Å²) < 4.78 is 18.5. The molecule has 1 aromatic carbocycles. The Morgan fingerprint density at radius 1 is 1.17 bits per heavy atom. The van der Waals surface area contributed by atoms with E-state index in [-0.39, 0.29) is 16.9 Å². The molecule has 23 heavy (non-hydrogen) atoms. The summed E-state index contributed by atoms with van der Waals surface area (Å²) in [5.41, 5.74) is 0.952. The number of thioether (sulfide) groups is 1. The molecule has 2 aromatic heterocycles. The Balaban J connectivity index is 1.74. The van der Waals surface area contributed by atoms with Gasteiger partial charge >= 0.3 is 0 Å². The molecule has 1 unspecified atom stereocenters. The van der Waals surface area contributed by atoms with E-state index >= 15 is 0 Å². The molecule has 1 atom stereocenters. The van der Waals surface area contributed by atoms with E-state index in [4.69, 9.17) is 4.42 Å². The Kier molecular flexibility index (Phi) is 5.31. The SMILES string of the molecule is O=C(CC(SCc1ccco1)c1ccc(F)cc1)c1cccs1. The molecule has 5 heteroatoms. The molecule has 0 fully saturated rings. The molecule has 0 radical (unpaired) electrons. The summed E-state index contributed by atoms with van der Waals surface area (Å²) in [6, 6.07) is 13.8. The van der Waals surface area contributed by atoms with Crippen molar-refractivity contribution in [2.24, 2.45) is 0 Å². The lowest BCUT2D eigenvalue weighted by molar-refractivity contribution is 0.0986. The number of carbonyl (C=O) groups is 1. The van der Waals surface area contributed by atoms with Crippen LogP contribution in [0.15, 0.2) is 64.6 Å². The van der Waals surface area contributed by atoms with E-state index in [1.807, 2.05) is 29.6 Å². The van der Waals surface area contributed by atoms with Gasteiger partial charge in [-0.15, -0.1) is 23.1 Å². The van der Waals surface area contributed by atoms with Crippen molar-refractivity contribution in [1.82, 2.24) is 0 Å². The highest BCUT2D eigenvalue weighted by atomic mass is 32.2. The summed E-state index contributed by atoms with van der Waals surface area (Å²) in [7, 11) is 0. The second kappa shape index (κ2) is 7.62. The predicted molar refractivity (Wildman–Crippen MR) is 92.4 cm³/mol. The number of Topliss-reactive ketones (excluding diaryl/α,β-unsaturated/α-hetero) is 1. The van der Waals surface area contributed by atoms with Crippen LogP contribution < -0.4 is 0 Å². The summed E-state index contributed by atoms with van der Waals surface area (Å²) in [4.78, 5) is 13.2. The molecule has 3 aromatic rings. The first-order chi connectivity index (χ1) is 11.2. The fourth-order valence-electron chi connectivity index (χ4n) is 2.23. The van der Waals surface area contributed by atoms with Crippen LogP contribution in [0, 0.1) is 5.82 Å². The van der Waals surface area contributed by atoms with Gasteiger partial charge < -0.3 is 4.42 Å². The van der Waals surface area contributed by atoms with E-state index in [0.717, 1.165) is 16.2 Å². The minimum Gasteiger partial charge on any atom is -0.468 e. The van der Waals surface area contributed by atoms with Crippen LogP contribution in [0.3, 0.4) is 0 Å². The lowest BCUT2D eigenvalue weighted by atomic mass is 10.1. The summed E-state index contributed by atoms with van der Waals surface area (Å²) >= 11 is 3.08. The Morgan fingerprint density at radius 3 is 2.65 bits per heavy atom. The number of benzene rings is 1. The van der Waals surface area contributed by atoms with Gasteiger partial charge in [0.15, 0.2) is 5.78 Å². The van der Waals surface area contributed by atoms with E-state index in [1.54, 1.807) is 30.2 Å². The fourth-order valence-corrected chi connectivity index (χ4v) is 4.06. The quantitative estimate of drug-likeness (QED) is 0.512. The number of furan rings is 1. The molecule has 3 rings (SSSR count). The highest BCUT2D eigenvalue weighted by molar-refractivity contribution is 7.98. The number of rotatable bonds is 7. The van der Waals surface area contributed by atoms with Crippen molar-refractivity contribution in [3.05, 3.63) is 82.2 Å². The van der Waals surface area contributed by atoms with E-state index in [1.165, 1.54) is 23.5 Å². The first-order valence-corrected chi connectivity index (χ1v) is 9.11. The first kappa shape index (κ1) is 16.0. The molecule has 0 aliphatic carbocycles. The molecule has 0 aliphatic rings. The van der Waals surface area contributed by atoms with Crippen molar-refractivity contribution in [2.45, 2.75) is 17.4 Å². The van der Waals surface area contributed by atoms with Gasteiger partial charge in [0.25, 0.3) is 0 Å². The van der Waals surface area contributed by atoms with Gasteiger partial charge in [-0.1, -0.05) is 18.2 Å². The van der Waals surface area contributed by atoms with Crippen LogP contribution in [0.4, 0.5) is 4.39 Å². The predicted octanol–water partition coefficient (Wildman–Crippen LogP) is 5.73. The van der Waals surface area contributed by atoms with Crippen LogP contribution in [0.5, 0.6) is 0 Å². The van der Waals surface area contributed by atoms with E-state index in [9.17, 15) is 9.18 Å². The number of carbonyl (C=O) groups excluding carboxylic acids is 1. The van der Waals surface area contributed by atoms with E-state index in [2.05, 4.69) is 0 Å². The largest absolute Gasteiger partial charge is 0.468 e. The van der Waals surface area contributed by atoms with Gasteiger partial charge in [0.05, 0.1) is 16.9 Å². The van der Waals surface area contributed by atoms with Gasteiger partial charge in [-0.05, 0) is 41.3 Å². The second-order valence-electron chi connectivity index (χ2n) is 5.04. The number of hydrogen-bond acceptors (Lipinski definition) is 4. The van der Waals surface area contributed by atoms with Crippen LogP contribution in [-0.4, -0.2) is 5.78 Å². The third-order valence-corrected chi connectivity index (χ3v) is 5.62. The van der Waals surface area contributed by atoms with Crippen molar-refractivity contribution >= 4 is 28.9 Å². The maximum absolute atomic E-state index is 13.2. The lowest BCUT2D eigenvalue weighted by Crippen LogP contribution is -2.04. The first-order valence-electron chi connectivity index (χ1n) is 7.18. The molecule has 2 heterocycles. The molecule has 0 saturated heterocycles. The van der Waals surface area contributed by atoms with E-state index in [0.29, 0.717) is 12.2 Å². The summed E-state index contributed by atoms with van der Waals surface area (Å²) in [6.07, 6.45) is 2.02. The van der Waals surface area contributed by atoms with Crippen LogP contribution in [0.2, 0.25) is 0 Å². The average Bonchev–Trinajstić information content (AvgIpc) is 3.25. The molecular weight excluding hydrogens is 331 g/mol. The van der Waals surface area contributed by atoms with Gasteiger partial charge in [-0.2, -0.15) is 0 Å². The van der Waals surface area contributed by atoms with Crippen molar-refractivity contribution < 1.29 is 13.6 Å². The smallest absolute Gasteiger partial charge is 0.174 e. The Morgan fingerprint density at radius 2 is 2.00 bits per heavy atom. The standard InChI is InChI=1S/C18H15FO2S2/c19-14-7-5-13(6-8-14)18(23-12-15-3-1-9-21-15)11-16(20)17-4-2-10-22-17/h1-10,18H,11-12H2. The van der Waals surface area contributed by atoms with Crippen LogP contribution in [0.1, 0.15) is 32.7 Å². The van der Waals surface area contributed by atoms with Crippen LogP contribution in [0.25, 0.3) is 0 Å². The van der Waals surface area contributed by atoms with Crippen molar-refractivity contribution in [3.8, 4) is 0 Å². The molecule has 0 N–H and O–H groups in total. The number of halogens is 1. The zero-order valence-electron chi connectivity index (χ0n) is 12.3. The summed E-state index contributed by atoms with van der Waals surface area (Å²) in [5.74, 6) is 1.38. The Hall–Kier alpha value is -1.85. The van der Waals surface area contributed by atoms with Crippen LogP contribution >= 0.6 is 23.1 Å². The lowest BCUT2D eigenvalue weighted by Gasteiger charge is -2.15. The zero-order valence-corrected chi connectivity index (χ0v) is 13.9. The van der Waals surface area contributed by atoms with Gasteiger partial charge in [0.1, 0.15) is 11.6 Å². The van der Waals surface area contributed by atoms with Crippen molar-refractivity contribution in [1.29, 1.82) is 0 Å². The minimum absolute atomic E-state index is 0.0321. The second-order valence-corrected chi connectivity index (χ2v) is 7.17. The number of ketones is 1. The van der Waals surface area contributed by atoms with Gasteiger partial charge in [-0.25, -0.2) is 4.39 Å². The van der Waals surface area contributed by atoms with Crippen molar-refractivity contribution in [3.63, 3.8) is 0 Å². The average molecular weight is 346 g/mol. The third kappa shape index (κ3) is 4.33. The molecule has 0 bridgehead atoms. The molecule has 0 aliphatic heterocycles. The maximum atomic E-state index is 13.2. The third-order valence-electron chi connectivity index (χ3n) is 3.42. The van der Waals surface area contributed by atoms with Gasteiger partial charge in [-0.3, -0.25) is 4.79 Å². The fraction of sp³-hybridized carbons (Fsp3) is 0.167. The molecule has 0 spiro atoms. The van der Waals surface area contributed by atoms with Gasteiger partial charge in [0.2, 0.25) is 0 Å². The monoisotopic (exact) mass is 346 g/mol. The molecule has 118 valence electrons. The zero-order chi connectivity index (χ0) is 16.1. The maximum Gasteiger partial charge on any atom is 0.174 e. The highest BCUT2D eigenvalue weighted by Crippen LogP contribution is 2.36. The summed E-state index contributed by atoms with van der Waals surface area (Å²) in [5, 5.41) is 1.87. The number of hydrogen-bond donors (Lipinski definition) is 0. The summed E-state index contributed by atoms with van der Waals surface area (Å²) in [6.45, 7) is 0. The molecule has 2 nitrogen and oxygen atoms in total. The molecule has 0 amide bonds. The molecule has 0 saturated carbocycles. The molecular formula is C18H15FO2S2. The topological polar surface area (TPSA) is 30.2 Å². The van der Waals surface area contributed by atoms with Crippen LogP contribution in [-0.2, 0) is 5.75 Å². The number of thiophene rings is 1. The Bertz CT molecular complexity index is 734.